The zero-order valence-electron chi connectivity index (χ0n) is 12.0. The summed E-state index contributed by atoms with van der Waals surface area (Å²) >= 11 is 7.34. The molecule has 2 amide bonds. The number of nitrogens with zero attached hydrogens (tertiary/aromatic N) is 1. The number of carbonyl (C=O) groups is 2. The summed E-state index contributed by atoms with van der Waals surface area (Å²) in [5.74, 6) is -0.144. The molecule has 5 nitrogen and oxygen atoms in total. The summed E-state index contributed by atoms with van der Waals surface area (Å²) in [5, 5.41) is 3.00. The van der Waals surface area contributed by atoms with Crippen molar-refractivity contribution in [3.05, 3.63) is 23.2 Å². The van der Waals surface area contributed by atoms with E-state index in [0.29, 0.717) is 17.3 Å². The molecule has 118 valence electrons. The van der Waals surface area contributed by atoms with Gasteiger partial charge in [-0.3, -0.25) is 9.59 Å². The second-order valence-corrected chi connectivity index (χ2v) is 7.36. The number of carbonyl (C=O) groups excluding carboxylic acids is 2. The van der Waals surface area contributed by atoms with E-state index in [-0.39, 0.29) is 24.3 Å². The Hall–Kier alpha value is -1.24. The Morgan fingerprint density at radius 3 is 3.09 bits per heavy atom. The van der Waals surface area contributed by atoms with Crippen LogP contribution in [0.2, 0.25) is 5.02 Å². The molecule has 2 heterocycles. The summed E-state index contributed by atoms with van der Waals surface area (Å²) in [6, 6.07) is 5.43. The first-order valence-corrected chi connectivity index (χ1v) is 8.59. The minimum absolute atomic E-state index is 0.000198. The van der Waals surface area contributed by atoms with E-state index in [4.69, 9.17) is 17.3 Å². The van der Waals surface area contributed by atoms with Crippen LogP contribution in [-0.4, -0.2) is 41.1 Å². The predicted molar refractivity (Wildman–Crippen MR) is 88.1 cm³/mol. The molecular formula is C15H18ClN3O2S. The highest BCUT2D eigenvalue weighted by molar-refractivity contribution is 8.01. The minimum Gasteiger partial charge on any atom is -0.341 e. The molecule has 0 aliphatic carbocycles. The Bertz CT molecular complexity index is 610. The number of fused-ring (bicyclic) bond motifs is 1. The van der Waals surface area contributed by atoms with Crippen molar-refractivity contribution in [1.82, 2.24) is 4.90 Å². The lowest BCUT2D eigenvalue weighted by Gasteiger charge is -2.32. The van der Waals surface area contributed by atoms with Gasteiger partial charge in [-0.05, 0) is 31.0 Å². The quantitative estimate of drug-likeness (QED) is 0.865. The van der Waals surface area contributed by atoms with E-state index in [2.05, 4.69) is 5.32 Å². The highest BCUT2D eigenvalue weighted by Crippen LogP contribution is 2.38. The summed E-state index contributed by atoms with van der Waals surface area (Å²) in [6.45, 7) is 1.32. The Morgan fingerprint density at radius 1 is 1.50 bits per heavy atom. The molecule has 0 bridgehead atoms. The van der Waals surface area contributed by atoms with Gasteiger partial charge in [-0.1, -0.05) is 11.6 Å². The predicted octanol–water partition coefficient (Wildman–Crippen LogP) is 2.09. The number of hydrogen-bond acceptors (Lipinski definition) is 4. The fourth-order valence-corrected chi connectivity index (χ4v) is 4.04. The zero-order valence-corrected chi connectivity index (χ0v) is 13.6. The molecule has 3 rings (SSSR count). The van der Waals surface area contributed by atoms with E-state index in [9.17, 15) is 9.59 Å². The number of amides is 2. The van der Waals surface area contributed by atoms with Gasteiger partial charge in [0.1, 0.15) is 0 Å². The number of rotatable bonds is 2. The van der Waals surface area contributed by atoms with Crippen molar-refractivity contribution >= 4 is 40.9 Å². The molecule has 2 unspecified atom stereocenters. The second kappa shape index (κ2) is 6.48. The van der Waals surface area contributed by atoms with Crippen molar-refractivity contribution in [2.24, 2.45) is 5.73 Å². The van der Waals surface area contributed by atoms with Gasteiger partial charge in [0.15, 0.2) is 0 Å². The summed E-state index contributed by atoms with van der Waals surface area (Å²) < 4.78 is 0. The van der Waals surface area contributed by atoms with Gasteiger partial charge in [0.2, 0.25) is 11.8 Å². The van der Waals surface area contributed by atoms with E-state index in [0.717, 1.165) is 24.3 Å². The van der Waals surface area contributed by atoms with Crippen LogP contribution in [0.3, 0.4) is 0 Å². The van der Waals surface area contributed by atoms with Crippen molar-refractivity contribution in [1.29, 1.82) is 0 Å². The number of hydrogen-bond donors (Lipinski definition) is 2. The molecule has 0 aromatic heterocycles. The molecule has 1 saturated heterocycles. The van der Waals surface area contributed by atoms with Crippen molar-refractivity contribution in [3.63, 3.8) is 0 Å². The van der Waals surface area contributed by atoms with Crippen LogP contribution in [-0.2, 0) is 9.59 Å². The van der Waals surface area contributed by atoms with Crippen molar-refractivity contribution in [2.45, 2.75) is 35.4 Å². The third-order valence-electron chi connectivity index (χ3n) is 3.93. The Kier molecular flexibility index (Phi) is 4.61. The van der Waals surface area contributed by atoms with Crippen molar-refractivity contribution in [3.8, 4) is 0 Å². The Labute approximate surface area is 138 Å². The van der Waals surface area contributed by atoms with E-state index >= 15 is 0 Å². The van der Waals surface area contributed by atoms with Gasteiger partial charge in [0, 0.05) is 35.5 Å². The van der Waals surface area contributed by atoms with Crippen LogP contribution in [0, 0.1) is 0 Å². The van der Waals surface area contributed by atoms with Crippen molar-refractivity contribution < 1.29 is 9.59 Å². The average molecular weight is 340 g/mol. The average Bonchev–Trinajstić information content (AvgIpc) is 2.48. The molecule has 7 heteroatoms. The van der Waals surface area contributed by atoms with Crippen LogP contribution < -0.4 is 11.1 Å². The standard InChI is InChI=1S/C15H18ClN3O2S/c16-9-3-4-12-11(6-9)18-15(21)13(22-12)7-14(20)19-5-1-2-10(17)8-19/h3-4,6,10,13H,1-2,5,7-8,17H2,(H,18,21). The molecule has 2 aliphatic rings. The maximum absolute atomic E-state index is 12.4. The third kappa shape index (κ3) is 3.39. The van der Waals surface area contributed by atoms with Crippen LogP contribution >= 0.6 is 23.4 Å². The molecular weight excluding hydrogens is 322 g/mol. The monoisotopic (exact) mass is 339 g/mol. The number of nitrogens with two attached hydrogens (primary N) is 1. The van der Waals surface area contributed by atoms with Crippen LogP contribution in [0.5, 0.6) is 0 Å². The number of piperidine rings is 1. The van der Waals surface area contributed by atoms with E-state index in [1.165, 1.54) is 11.8 Å². The fraction of sp³-hybridized carbons (Fsp3) is 0.467. The number of anilines is 1. The first-order chi connectivity index (χ1) is 10.5. The fourth-order valence-electron chi connectivity index (χ4n) is 2.78. The van der Waals surface area contributed by atoms with E-state index < -0.39 is 5.25 Å². The summed E-state index contributed by atoms with van der Waals surface area (Å²) in [5.41, 5.74) is 6.62. The van der Waals surface area contributed by atoms with Crippen LogP contribution in [0.4, 0.5) is 5.69 Å². The largest absolute Gasteiger partial charge is 0.341 e. The normalized spacial score (nSPS) is 24.6. The van der Waals surface area contributed by atoms with Gasteiger partial charge in [0.25, 0.3) is 0 Å². The lowest BCUT2D eigenvalue weighted by molar-refractivity contribution is -0.133. The van der Waals surface area contributed by atoms with Gasteiger partial charge in [-0.2, -0.15) is 0 Å². The molecule has 1 aromatic carbocycles. The first-order valence-electron chi connectivity index (χ1n) is 7.33. The van der Waals surface area contributed by atoms with Crippen LogP contribution in [0.1, 0.15) is 19.3 Å². The molecule has 1 aromatic rings. The number of likely N-dealkylation sites (tertiary alicyclic amines) is 1. The minimum atomic E-state index is -0.403. The number of thioether (sulfide) groups is 1. The van der Waals surface area contributed by atoms with Crippen LogP contribution in [0.25, 0.3) is 0 Å². The molecule has 2 aliphatic heterocycles. The summed E-state index contributed by atoms with van der Waals surface area (Å²) in [6.07, 6.45) is 2.08. The van der Waals surface area contributed by atoms with Gasteiger partial charge in [-0.15, -0.1) is 11.8 Å². The summed E-state index contributed by atoms with van der Waals surface area (Å²) in [7, 11) is 0. The van der Waals surface area contributed by atoms with Gasteiger partial charge < -0.3 is 16.0 Å². The van der Waals surface area contributed by atoms with E-state index in [1.807, 2.05) is 6.07 Å². The smallest absolute Gasteiger partial charge is 0.238 e. The lowest BCUT2D eigenvalue weighted by Crippen LogP contribution is -2.47. The van der Waals surface area contributed by atoms with Crippen LogP contribution in [0.15, 0.2) is 23.1 Å². The maximum Gasteiger partial charge on any atom is 0.238 e. The SMILES string of the molecule is NC1CCCN(C(=O)CC2Sc3ccc(Cl)cc3NC2=O)C1. The maximum atomic E-state index is 12.4. The zero-order chi connectivity index (χ0) is 15.7. The molecule has 2 atom stereocenters. The van der Waals surface area contributed by atoms with Gasteiger partial charge in [-0.25, -0.2) is 0 Å². The molecule has 1 fully saturated rings. The van der Waals surface area contributed by atoms with Crippen molar-refractivity contribution in [2.75, 3.05) is 18.4 Å². The number of halogens is 1. The van der Waals surface area contributed by atoms with E-state index in [1.54, 1.807) is 17.0 Å². The first kappa shape index (κ1) is 15.6. The Morgan fingerprint density at radius 2 is 2.32 bits per heavy atom. The highest BCUT2D eigenvalue weighted by Gasteiger charge is 2.31. The molecule has 3 N–H and O–H groups in total. The second-order valence-electron chi connectivity index (χ2n) is 5.68. The number of benzene rings is 1. The molecule has 0 saturated carbocycles. The third-order valence-corrected chi connectivity index (χ3v) is 5.44. The molecule has 0 radical (unpaired) electrons. The van der Waals surface area contributed by atoms with Gasteiger partial charge >= 0.3 is 0 Å². The number of nitrogens with one attached hydrogen (secondary N) is 1. The lowest BCUT2D eigenvalue weighted by atomic mass is 10.1. The Balaban J connectivity index is 1.67. The molecule has 22 heavy (non-hydrogen) atoms. The summed E-state index contributed by atoms with van der Waals surface area (Å²) in [4.78, 5) is 27.3. The van der Waals surface area contributed by atoms with Gasteiger partial charge in [0.05, 0.1) is 10.9 Å². The highest BCUT2D eigenvalue weighted by atomic mass is 35.5. The topological polar surface area (TPSA) is 75.4 Å². The molecule has 0 spiro atoms.